The summed E-state index contributed by atoms with van der Waals surface area (Å²) >= 11 is 7.52. The Balaban J connectivity index is 1.91. The van der Waals surface area contributed by atoms with Gasteiger partial charge in [0.15, 0.2) is 14.3 Å². The van der Waals surface area contributed by atoms with E-state index in [0.29, 0.717) is 40.8 Å². The number of pyridine rings is 2. The maximum atomic E-state index is 16.3. The van der Waals surface area contributed by atoms with Gasteiger partial charge in [-0.15, -0.1) is 0 Å². The highest BCUT2D eigenvalue weighted by Crippen LogP contribution is 2.56. The molecule has 50 heavy (non-hydrogen) atoms. The number of ether oxygens (including phenoxy) is 4. The fraction of sp³-hybridized carbons (Fsp3) is 0.105. The molecular formula is C38H32Br2N2O6P2. The van der Waals surface area contributed by atoms with Gasteiger partial charge < -0.3 is 28.1 Å². The fourth-order valence-corrected chi connectivity index (χ4v) is 14.2. The molecule has 2 heterocycles. The lowest BCUT2D eigenvalue weighted by molar-refractivity contribution is 0.360. The topological polar surface area (TPSA) is 96.8 Å². The van der Waals surface area contributed by atoms with Gasteiger partial charge in [-0.25, -0.2) is 0 Å². The van der Waals surface area contributed by atoms with Crippen molar-refractivity contribution in [3.05, 3.63) is 130 Å². The van der Waals surface area contributed by atoms with Crippen molar-refractivity contribution >= 4 is 78.0 Å². The molecule has 0 aliphatic carbocycles. The zero-order valence-electron chi connectivity index (χ0n) is 27.5. The predicted octanol–water partition coefficient (Wildman–Crippen LogP) is 6.98. The summed E-state index contributed by atoms with van der Waals surface area (Å²) in [4.78, 5) is 9.46. The van der Waals surface area contributed by atoms with E-state index in [1.54, 1.807) is 0 Å². The van der Waals surface area contributed by atoms with Gasteiger partial charge in [-0.05, 0) is 31.9 Å². The summed E-state index contributed by atoms with van der Waals surface area (Å²) < 4.78 is 56.9. The molecular weight excluding hydrogens is 802 g/mol. The number of nitrogens with zero attached hydrogens (tertiary/aromatic N) is 2. The average Bonchev–Trinajstić information content (AvgIpc) is 3.18. The highest BCUT2D eigenvalue weighted by Gasteiger charge is 2.44. The van der Waals surface area contributed by atoms with E-state index in [1.165, 1.54) is 28.4 Å². The van der Waals surface area contributed by atoms with Gasteiger partial charge in [-0.3, -0.25) is 0 Å². The number of halogens is 2. The van der Waals surface area contributed by atoms with Crippen LogP contribution in [0.5, 0.6) is 23.5 Å². The minimum Gasteiger partial charge on any atom is -0.480 e. The first kappa shape index (κ1) is 35.6. The maximum Gasteiger partial charge on any atom is 0.231 e. The van der Waals surface area contributed by atoms with E-state index in [-0.39, 0.29) is 34.6 Å². The van der Waals surface area contributed by atoms with Crippen LogP contribution >= 0.6 is 46.1 Å². The summed E-state index contributed by atoms with van der Waals surface area (Å²) in [7, 11) is -1.81. The molecule has 0 bridgehead atoms. The van der Waals surface area contributed by atoms with Crippen LogP contribution in [0.3, 0.4) is 0 Å². The van der Waals surface area contributed by atoms with Crippen LogP contribution in [-0.2, 0) is 9.13 Å². The van der Waals surface area contributed by atoms with Gasteiger partial charge in [0.2, 0.25) is 23.5 Å². The predicted molar refractivity (Wildman–Crippen MR) is 208 cm³/mol. The Labute approximate surface area is 307 Å². The molecule has 8 nitrogen and oxygen atoms in total. The summed E-state index contributed by atoms with van der Waals surface area (Å²) in [6.07, 6.45) is 0. The van der Waals surface area contributed by atoms with E-state index in [9.17, 15) is 0 Å². The molecule has 0 radical (unpaired) electrons. The highest BCUT2D eigenvalue weighted by molar-refractivity contribution is 9.11. The number of rotatable bonds is 11. The van der Waals surface area contributed by atoms with Crippen molar-refractivity contribution in [2.45, 2.75) is 0 Å². The quantitative estimate of drug-likeness (QED) is 0.129. The largest absolute Gasteiger partial charge is 0.480 e. The Morgan fingerprint density at radius 2 is 0.660 bits per heavy atom. The van der Waals surface area contributed by atoms with Crippen molar-refractivity contribution < 1.29 is 28.1 Å². The maximum absolute atomic E-state index is 16.3. The van der Waals surface area contributed by atoms with E-state index in [2.05, 4.69) is 31.9 Å². The molecule has 254 valence electrons. The lowest BCUT2D eigenvalue weighted by Crippen LogP contribution is -2.32. The van der Waals surface area contributed by atoms with Crippen LogP contribution in [-0.4, -0.2) is 38.4 Å². The van der Waals surface area contributed by atoms with Crippen LogP contribution in [0.4, 0.5) is 0 Å². The third kappa shape index (κ3) is 5.98. The number of aromatic nitrogens is 2. The van der Waals surface area contributed by atoms with Crippen LogP contribution in [0.25, 0.3) is 11.1 Å². The minimum atomic E-state index is -3.84. The van der Waals surface area contributed by atoms with Crippen LogP contribution in [0.1, 0.15) is 0 Å². The molecule has 4 aromatic carbocycles. The zero-order valence-corrected chi connectivity index (χ0v) is 32.5. The summed E-state index contributed by atoms with van der Waals surface area (Å²) in [5, 5.41) is 2.75. The summed E-state index contributed by atoms with van der Waals surface area (Å²) in [6, 6.07) is 36.7. The lowest BCUT2D eigenvalue weighted by Gasteiger charge is -2.29. The Morgan fingerprint density at radius 3 is 0.880 bits per heavy atom. The Kier molecular flexibility index (Phi) is 10.7. The monoisotopic (exact) mass is 832 g/mol. The molecule has 0 saturated heterocycles. The third-order valence-corrected chi connectivity index (χ3v) is 16.6. The second-order valence-electron chi connectivity index (χ2n) is 10.9. The Bertz CT molecular complexity index is 2000. The van der Waals surface area contributed by atoms with E-state index in [1.807, 2.05) is 121 Å². The molecule has 0 amide bonds. The molecule has 0 N–H and O–H groups in total. The Morgan fingerprint density at radius 1 is 0.420 bits per heavy atom. The molecule has 2 aromatic heterocycles. The van der Waals surface area contributed by atoms with Crippen LogP contribution in [0, 0.1) is 0 Å². The van der Waals surface area contributed by atoms with Gasteiger partial charge in [-0.1, -0.05) is 121 Å². The zero-order chi connectivity index (χ0) is 35.5. The van der Waals surface area contributed by atoms with Crippen molar-refractivity contribution in [3.8, 4) is 34.6 Å². The molecule has 12 heteroatoms. The first-order valence-corrected chi connectivity index (χ1v) is 20.3. The van der Waals surface area contributed by atoms with Crippen LogP contribution in [0.2, 0.25) is 0 Å². The number of hydrogen-bond donors (Lipinski definition) is 0. The van der Waals surface area contributed by atoms with E-state index in [4.69, 9.17) is 28.9 Å². The molecule has 0 aliphatic heterocycles. The Hall–Kier alpha value is -4.20. The SMILES string of the molecule is COc1nc(OC)c(-c2c(OC)nc(OC)c(Br)c2P(=O)(c2ccccc2)c2ccccc2)c(P(=O)(c2ccccc2)c2ccccc2)c1Br. The van der Waals surface area contributed by atoms with Crippen molar-refractivity contribution in [1.82, 2.24) is 9.97 Å². The molecule has 0 aliphatic rings. The van der Waals surface area contributed by atoms with Gasteiger partial charge in [0.05, 0.1) is 59.1 Å². The summed E-state index contributed by atoms with van der Waals surface area (Å²) in [5.74, 6) is 0.391. The average molecular weight is 834 g/mol. The van der Waals surface area contributed by atoms with E-state index < -0.39 is 14.3 Å². The molecule has 6 aromatic rings. The van der Waals surface area contributed by atoms with Crippen molar-refractivity contribution in [3.63, 3.8) is 0 Å². The van der Waals surface area contributed by atoms with E-state index in [0.717, 1.165) is 0 Å². The summed E-state index contributed by atoms with van der Waals surface area (Å²) in [5.41, 5.74) is 0.511. The van der Waals surface area contributed by atoms with Gasteiger partial charge in [0.25, 0.3) is 0 Å². The van der Waals surface area contributed by atoms with Gasteiger partial charge >= 0.3 is 0 Å². The first-order valence-electron chi connectivity index (χ1n) is 15.3. The van der Waals surface area contributed by atoms with Crippen molar-refractivity contribution in [2.75, 3.05) is 28.4 Å². The molecule has 0 unspecified atom stereocenters. The van der Waals surface area contributed by atoms with Gasteiger partial charge in [0, 0.05) is 21.2 Å². The molecule has 0 saturated carbocycles. The lowest BCUT2D eigenvalue weighted by atomic mass is 10.1. The molecule has 6 rings (SSSR count). The smallest absolute Gasteiger partial charge is 0.231 e. The number of methoxy groups -OCH3 is 4. The second kappa shape index (κ2) is 15.0. The van der Waals surface area contributed by atoms with Crippen molar-refractivity contribution in [1.29, 1.82) is 0 Å². The minimum absolute atomic E-state index is 0.0539. The van der Waals surface area contributed by atoms with E-state index >= 15 is 9.13 Å². The van der Waals surface area contributed by atoms with Gasteiger partial charge in [0.1, 0.15) is 0 Å². The normalized spacial score (nSPS) is 11.6. The van der Waals surface area contributed by atoms with Crippen LogP contribution in [0.15, 0.2) is 130 Å². The van der Waals surface area contributed by atoms with Gasteiger partial charge in [-0.2, -0.15) is 9.97 Å². The first-order chi connectivity index (χ1) is 24.2. The van der Waals surface area contributed by atoms with Crippen molar-refractivity contribution in [2.24, 2.45) is 0 Å². The highest BCUT2D eigenvalue weighted by atomic mass is 79.9. The number of benzene rings is 4. The standard InChI is InChI=1S/C38H32Br2N2O6P2/c1-45-35-29(33(31(39)37(41-35)47-3)49(43,25-17-9-5-10-18-25)26-19-11-6-12-20-26)30-34(32(40)38(48-4)42-36(30)46-2)50(44,27-21-13-7-14-22-27)28-23-15-8-16-24-28/h5-24H,1-4H3. The molecule has 0 spiro atoms. The third-order valence-electron chi connectivity index (χ3n) is 8.23. The fourth-order valence-electron chi connectivity index (χ4n) is 5.99. The number of hydrogen-bond acceptors (Lipinski definition) is 8. The summed E-state index contributed by atoms with van der Waals surface area (Å²) in [6.45, 7) is 0. The molecule has 0 fully saturated rings. The van der Waals surface area contributed by atoms with Crippen LogP contribution < -0.4 is 50.8 Å². The second-order valence-corrected chi connectivity index (χ2v) is 17.9. The molecule has 0 atom stereocenters.